The SMILES string of the molecule is O=C(Nc1ccc2c3c(cccc13)CC2)C1CCCN(S(=O)(=O)c2ccc(Cl)cc2)C1. The maximum atomic E-state index is 13.1. The van der Waals surface area contributed by atoms with Crippen LogP contribution in [0.4, 0.5) is 5.69 Å². The second-order valence-electron chi connectivity index (χ2n) is 8.26. The van der Waals surface area contributed by atoms with Crippen LogP contribution >= 0.6 is 11.6 Å². The number of amides is 1. The fourth-order valence-electron chi connectivity index (χ4n) is 4.72. The van der Waals surface area contributed by atoms with Crippen LogP contribution in [0, 0.1) is 5.92 Å². The van der Waals surface area contributed by atoms with Crippen molar-refractivity contribution in [3.05, 3.63) is 70.7 Å². The van der Waals surface area contributed by atoms with Crippen molar-refractivity contribution in [3.8, 4) is 0 Å². The maximum Gasteiger partial charge on any atom is 0.243 e. The number of nitrogens with zero attached hydrogens (tertiary/aromatic N) is 1. The monoisotopic (exact) mass is 454 g/mol. The summed E-state index contributed by atoms with van der Waals surface area (Å²) >= 11 is 5.89. The van der Waals surface area contributed by atoms with Gasteiger partial charge in [0.1, 0.15) is 0 Å². The first-order chi connectivity index (χ1) is 14.9. The van der Waals surface area contributed by atoms with Gasteiger partial charge in [-0.1, -0.05) is 35.9 Å². The van der Waals surface area contributed by atoms with Crippen molar-refractivity contribution in [2.45, 2.75) is 30.6 Å². The van der Waals surface area contributed by atoms with Crippen molar-refractivity contribution >= 4 is 44.0 Å². The van der Waals surface area contributed by atoms with E-state index in [1.807, 2.05) is 18.2 Å². The topological polar surface area (TPSA) is 66.5 Å². The number of sulfonamides is 1. The van der Waals surface area contributed by atoms with Gasteiger partial charge >= 0.3 is 0 Å². The van der Waals surface area contributed by atoms with Gasteiger partial charge in [-0.05, 0) is 72.5 Å². The number of hydrogen-bond donors (Lipinski definition) is 1. The average molecular weight is 455 g/mol. The van der Waals surface area contributed by atoms with E-state index in [0.717, 1.165) is 23.9 Å². The number of nitrogens with one attached hydrogen (secondary N) is 1. The molecule has 3 aromatic carbocycles. The van der Waals surface area contributed by atoms with Crippen LogP contribution in [-0.2, 0) is 27.7 Å². The van der Waals surface area contributed by atoms with Crippen LogP contribution in [0.5, 0.6) is 0 Å². The van der Waals surface area contributed by atoms with Crippen molar-refractivity contribution in [1.82, 2.24) is 4.31 Å². The molecule has 0 saturated carbocycles. The minimum absolute atomic E-state index is 0.130. The molecule has 0 radical (unpaired) electrons. The van der Waals surface area contributed by atoms with Gasteiger partial charge in [0, 0.05) is 29.2 Å². The Bertz CT molecular complexity index is 1260. The Hall–Kier alpha value is -2.41. The Balaban J connectivity index is 1.36. The summed E-state index contributed by atoms with van der Waals surface area (Å²) in [4.78, 5) is 13.3. The van der Waals surface area contributed by atoms with Crippen LogP contribution in [0.2, 0.25) is 5.02 Å². The maximum absolute atomic E-state index is 13.1. The molecule has 1 heterocycles. The first kappa shape index (κ1) is 20.5. The molecular formula is C24H23ClN2O3S. The van der Waals surface area contributed by atoms with Crippen LogP contribution in [0.25, 0.3) is 10.8 Å². The summed E-state index contributed by atoms with van der Waals surface area (Å²) < 4.78 is 27.5. The lowest BCUT2D eigenvalue weighted by Gasteiger charge is -2.31. The van der Waals surface area contributed by atoms with Crippen molar-refractivity contribution in [1.29, 1.82) is 0 Å². The lowest BCUT2D eigenvalue weighted by atomic mass is 9.98. The van der Waals surface area contributed by atoms with E-state index >= 15 is 0 Å². The summed E-state index contributed by atoms with van der Waals surface area (Å²) in [6.45, 7) is 0.591. The van der Waals surface area contributed by atoms with E-state index in [4.69, 9.17) is 11.6 Å². The predicted molar refractivity (Wildman–Crippen MR) is 123 cm³/mol. The first-order valence-corrected chi connectivity index (χ1v) is 12.4. The third kappa shape index (κ3) is 3.73. The minimum atomic E-state index is -3.66. The van der Waals surface area contributed by atoms with E-state index in [9.17, 15) is 13.2 Å². The van der Waals surface area contributed by atoms with E-state index in [1.54, 1.807) is 12.1 Å². The van der Waals surface area contributed by atoms with Crippen molar-refractivity contribution in [2.75, 3.05) is 18.4 Å². The molecular weight excluding hydrogens is 432 g/mol. The molecule has 1 fully saturated rings. The molecule has 0 aromatic heterocycles. The van der Waals surface area contributed by atoms with Gasteiger partial charge in [0.2, 0.25) is 15.9 Å². The molecule has 1 unspecified atom stereocenters. The molecule has 1 aliphatic carbocycles. The zero-order valence-electron chi connectivity index (χ0n) is 17.0. The highest BCUT2D eigenvalue weighted by Gasteiger charge is 2.33. The average Bonchev–Trinajstić information content (AvgIpc) is 3.21. The summed E-state index contributed by atoms with van der Waals surface area (Å²) in [5.41, 5.74) is 3.44. The number of piperidine rings is 1. The Morgan fingerprint density at radius 3 is 2.52 bits per heavy atom. The fourth-order valence-corrected chi connectivity index (χ4v) is 6.37. The molecule has 160 valence electrons. The first-order valence-electron chi connectivity index (χ1n) is 10.5. The van der Waals surface area contributed by atoms with Gasteiger partial charge < -0.3 is 5.32 Å². The van der Waals surface area contributed by atoms with Crippen LogP contribution < -0.4 is 5.32 Å². The Labute approximate surface area is 187 Å². The third-order valence-corrected chi connectivity index (χ3v) is 8.47. The number of benzene rings is 3. The minimum Gasteiger partial charge on any atom is -0.325 e. The van der Waals surface area contributed by atoms with Gasteiger partial charge in [-0.3, -0.25) is 4.79 Å². The number of anilines is 1. The Morgan fingerprint density at radius 1 is 1.00 bits per heavy atom. The number of carbonyl (C=O) groups is 1. The van der Waals surface area contributed by atoms with Gasteiger partial charge in [0.25, 0.3) is 0 Å². The van der Waals surface area contributed by atoms with E-state index in [2.05, 4.69) is 17.4 Å². The molecule has 7 heteroatoms. The van der Waals surface area contributed by atoms with Crippen LogP contribution in [0.15, 0.2) is 59.5 Å². The van der Waals surface area contributed by atoms with E-state index < -0.39 is 10.0 Å². The standard InChI is InChI=1S/C24H23ClN2O3S/c25-19-9-11-20(12-10-19)31(29,30)27-14-2-4-18(15-27)24(28)26-22-13-8-17-7-6-16-3-1-5-21(22)23(16)17/h1,3,5,8-13,18H,2,4,6-7,14-15H2,(H,26,28). The molecule has 2 aliphatic rings. The van der Waals surface area contributed by atoms with Gasteiger partial charge in [-0.15, -0.1) is 0 Å². The highest BCUT2D eigenvalue weighted by Crippen LogP contribution is 2.35. The molecule has 0 bridgehead atoms. The zero-order chi connectivity index (χ0) is 21.6. The number of halogens is 1. The molecule has 0 spiro atoms. The molecule has 3 aromatic rings. The van der Waals surface area contributed by atoms with Gasteiger partial charge in [0.05, 0.1) is 10.8 Å². The molecule has 31 heavy (non-hydrogen) atoms. The number of rotatable bonds is 4. The third-order valence-electron chi connectivity index (χ3n) is 6.34. The number of aryl methyl sites for hydroxylation is 2. The summed E-state index contributed by atoms with van der Waals surface area (Å²) in [7, 11) is -3.66. The predicted octanol–water partition coefficient (Wildman–Crippen LogP) is 4.63. The lowest BCUT2D eigenvalue weighted by Crippen LogP contribution is -2.43. The largest absolute Gasteiger partial charge is 0.325 e. The van der Waals surface area contributed by atoms with Crippen molar-refractivity contribution in [2.24, 2.45) is 5.92 Å². The van der Waals surface area contributed by atoms with Crippen molar-refractivity contribution in [3.63, 3.8) is 0 Å². The summed E-state index contributed by atoms with van der Waals surface area (Å²) in [5.74, 6) is -0.520. The second-order valence-corrected chi connectivity index (χ2v) is 10.6. The van der Waals surface area contributed by atoms with Crippen LogP contribution in [0.3, 0.4) is 0 Å². The lowest BCUT2D eigenvalue weighted by molar-refractivity contribution is -0.120. The van der Waals surface area contributed by atoms with E-state index in [1.165, 1.54) is 33.0 Å². The van der Waals surface area contributed by atoms with Crippen LogP contribution in [0.1, 0.15) is 24.0 Å². The molecule has 5 nitrogen and oxygen atoms in total. The van der Waals surface area contributed by atoms with Crippen LogP contribution in [-0.4, -0.2) is 31.7 Å². The highest BCUT2D eigenvalue weighted by atomic mass is 35.5. The number of carbonyl (C=O) groups excluding carboxylic acids is 1. The Morgan fingerprint density at radius 2 is 1.74 bits per heavy atom. The number of hydrogen-bond acceptors (Lipinski definition) is 3. The van der Waals surface area contributed by atoms with Crippen molar-refractivity contribution < 1.29 is 13.2 Å². The zero-order valence-corrected chi connectivity index (χ0v) is 18.5. The Kier molecular flexibility index (Phi) is 5.24. The van der Waals surface area contributed by atoms with Gasteiger partial charge in [-0.2, -0.15) is 4.31 Å². The normalized spacial score (nSPS) is 18.9. The highest BCUT2D eigenvalue weighted by molar-refractivity contribution is 7.89. The molecule has 1 atom stereocenters. The fraction of sp³-hybridized carbons (Fsp3) is 0.292. The van der Waals surface area contributed by atoms with Gasteiger partial charge in [0.15, 0.2) is 0 Å². The molecule has 1 N–H and O–H groups in total. The molecule has 1 aliphatic heterocycles. The molecule has 1 amide bonds. The summed E-state index contributed by atoms with van der Waals surface area (Å²) in [5, 5.41) is 5.87. The van der Waals surface area contributed by atoms with E-state index in [0.29, 0.717) is 24.4 Å². The summed E-state index contributed by atoms with van der Waals surface area (Å²) in [6, 6.07) is 16.4. The molecule has 5 rings (SSSR count). The molecule has 1 saturated heterocycles. The summed E-state index contributed by atoms with van der Waals surface area (Å²) in [6.07, 6.45) is 3.38. The van der Waals surface area contributed by atoms with Gasteiger partial charge in [-0.25, -0.2) is 8.42 Å². The quantitative estimate of drug-likeness (QED) is 0.625. The second kappa shape index (κ2) is 7.93. The van der Waals surface area contributed by atoms with E-state index in [-0.39, 0.29) is 23.3 Å². The smallest absolute Gasteiger partial charge is 0.243 e.